The lowest BCUT2D eigenvalue weighted by molar-refractivity contribution is -0.145. The summed E-state index contributed by atoms with van der Waals surface area (Å²) in [4.78, 5) is 33.7. The first-order valence-corrected chi connectivity index (χ1v) is 9.30. The second-order valence-corrected chi connectivity index (χ2v) is 7.91. The van der Waals surface area contributed by atoms with E-state index in [1.807, 2.05) is 48.8 Å². The maximum Gasteiger partial charge on any atom is 0.227 e. The highest BCUT2D eigenvalue weighted by Crippen LogP contribution is 2.25. The summed E-state index contributed by atoms with van der Waals surface area (Å²) in [5.74, 6) is 0.0397. The molecule has 2 amide bonds. The summed E-state index contributed by atoms with van der Waals surface area (Å²) in [7, 11) is 1.63. The Kier molecular flexibility index (Phi) is 7.14. The predicted molar refractivity (Wildman–Crippen MR) is 100 cm³/mol. The van der Waals surface area contributed by atoms with Crippen LogP contribution in [0.2, 0.25) is 0 Å². The van der Waals surface area contributed by atoms with Crippen molar-refractivity contribution in [1.29, 1.82) is 0 Å². The van der Waals surface area contributed by atoms with Crippen molar-refractivity contribution in [1.82, 2.24) is 14.8 Å². The molecule has 1 unspecified atom stereocenters. The number of methoxy groups -OCH3 is 1. The molecule has 26 heavy (non-hydrogen) atoms. The average molecular weight is 361 g/mol. The molecule has 1 aromatic rings. The van der Waals surface area contributed by atoms with Crippen LogP contribution in [0.4, 0.5) is 0 Å². The minimum absolute atomic E-state index is 0.0825. The van der Waals surface area contributed by atoms with Crippen LogP contribution in [-0.4, -0.2) is 59.9 Å². The number of piperidine rings is 1. The molecule has 2 heterocycles. The highest BCUT2D eigenvalue weighted by atomic mass is 16.5. The van der Waals surface area contributed by atoms with Crippen LogP contribution in [0.3, 0.4) is 0 Å². The molecular formula is C20H31N3O3. The van der Waals surface area contributed by atoms with Crippen molar-refractivity contribution < 1.29 is 14.3 Å². The van der Waals surface area contributed by atoms with Crippen LogP contribution >= 0.6 is 0 Å². The third kappa shape index (κ3) is 5.53. The maximum absolute atomic E-state index is 13.1. The Bertz CT molecular complexity index is 598. The number of carbonyl (C=O) groups excluding carboxylic acids is 2. The second-order valence-electron chi connectivity index (χ2n) is 7.91. The van der Waals surface area contributed by atoms with Crippen molar-refractivity contribution in [2.45, 2.75) is 40.2 Å². The molecule has 0 radical (unpaired) electrons. The Labute approximate surface area is 156 Å². The summed E-state index contributed by atoms with van der Waals surface area (Å²) in [5.41, 5.74) is 0.435. The van der Waals surface area contributed by atoms with E-state index in [0.29, 0.717) is 26.2 Å². The van der Waals surface area contributed by atoms with Crippen molar-refractivity contribution >= 4 is 11.8 Å². The molecule has 1 aliphatic heterocycles. The standard InChI is InChI=1S/C20H31N3O3/c1-20(2,3)19(25)23-11-7-8-16(14-23)18(24)22(12-13-26-4)15-17-9-5-6-10-21-17/h5-6,9-10,16H,7-8,11-15H2,1-4H3. The van der Waals surface area contributed by atoms with E-state index in [1.165, 1.54) is 0 Å². The van der Waals surface area contributed by atoms with Crippen molar-refractivity contribution in [3.8, 4) is 0 Å². The van der Waals surface area contributed by atoms with Gasteiger partial charge in [-0.2, -0.15) is 0 Å². The number of hydrogen-bond acceptors (Lipinski definition) is 4. The SMILES string of the molecule is COCCN(Cc1ccccn1)C(=O)C1CCCN(C(=O)C(C)(C)C)C1. The fourth-order valence-electron chi connectivity index (χ4n) is 3.25. The average Bonchev–Trinajstić information content (AvgIpc) is 2.64. The van der Waals surface area contributed by atoms with Gasteiger partial charge >= 0.3 is 0 Å². The number of rotatable bonds is 6. The first kappa shape index (κ1) is 20.4. The molecule has 1 aliphatic rings. The number of nitrogens with zero attached hydrogens (tertiary/aromatic N) is 3. The lowest BCUT2D eigenvalue weighted by atomic mass is 9.90. The Balaban J connectivity index is 2.07. The van der Waals surface area contributed by atoms with Crippen LogP contribution in [0.1, 0.15) is 39.3 Å². The lowest BCUT2D eigenvalue weighted by Gasteiger charge is -2.37. The normalized spacial score (nSPS) is 17.8. The van der Waals surface area contributed by atoms with Crippen LogP contribution in [0, 0.1) is 11.3 Å². The molecule has 0 N–H and O–H groups in total. The summed E-state index contributed by atoms with van der Waals surface area (Å²) in [6.07, 6.45) is 3.41. The van der Waals surface area contributed by atoms with E-state index < -0.39 is 5.41 Å². The molecule has 0 aromatic carbocycles. The summed E-state index contributed by atoms with van der Waals surface area (Å²) in [6.45, 7) is 8.48. The molecule has 0 saturated carbocycles. The van der Waals surface area contributed by atoms with Gasteiger partial charge in [-0.3, -0.25) is 14.6 Å². The Morgan fingerprint density at radius 3 is 2.73 bits per heavy atom. The molecule has 1 fully saturated rings. The molecule has 144 valence electrons. The van der Waals surface area contributed by atoms with Crippen LogP contribution in [-0.2, 0) is 20.9 Å². The lowest BCUT2D eigenvalue weighted by Crippen LogP contribution is -2.49. The fourth-order valence-corrected chi connectivity index (χ4v) is 3.25. The number of likely N-dealkylation sites (tertiary alicyclic amines) is 1. The first-order valence-electron chi connectivity index (χ1n) is 9.30. The minimum atomic E-state index is -0.422. The molecular weight excluding hydrogens is 330 g/mol. The Morgan fingerprint density at radius 2 is 2.12 bits per heavy atom. The molecule has 6 heteroatoms. The van der Waals surface area contributed by atoms with Crippen molar-refractivity contribution in [3.05, 3.63) is 30.1 Å². The van der Waals surface area contributed by atoms with Crippen molar-refractivity contribution in [2.24, 2.45) is 11.3 Å². The quantitative estimate of drug-likeness (QED) is 0.780. The van der Waals surface area contributed by atoms with E-state index in [4.69, 9.17) is 4.74 Å². The summed E-state index contributed by atoms with van der Waals surface area (Å²) in [5, 5.41) is 0. The van der Waals surface area contributed by atoms with E-state index in [0.717, 1.165) is 25.1 Å². The second kappa shape index (κ2) is 9.12. The maximum atomic E-state index is 13.1. The number of carbonyl (C=O) groups is 2. The summed E-state index contributed by atoms with van der Waals surface area (Å²) in [6, 6.07) is 5.71. The van der Waals surface area contributed by atoms with Crippen LogP contribution in [0.25, 0.3) is 0 Å². The smallest absolute Gasteiger partial charge is 0.227 e. The van der Waals surface area contributed by atoms with Crippen LogP contribution in [0.15, 0.2) is 24.4 Å². The van der Waals surface area contributed by atoms with Gasteiger partial charge in [0.05, 0.1) is 24.8 Å². The molecule has 0 spiro atoms. The Morgan fingerprint density at radius 1 is 1.35 bits per heavy atom. The van der Waals surface area contributed by atoms with Gasteiger partial charge < -0.3 is 14.5 Å². The van der Waals surface area contributed by atoms with Gasteiger partial charge in [-0.25, -0.2) is 0 Å². The van der Waals surface area contributed by atoms with E-state index in [-0.39, 0.29) is 17.7 Å². The zero-order valence-electron chi connectivity index (χ0n) is 16.4. The summed E-state index contributed by atoms with van der Waals surface area (Å²) >= 11 is 0. The van der Waals surface area contributed by atoms with Crippen LogP contribution < -0.4 is 0 Å². The Hall–Kier alpha value is -1.95. The van der Waals surface area contributed by atoms with E-state index in [2.05, 4.69) is 4.98 Å². The monoisotopic (exact) mass is 361 g/mol. The third-order valence-electron chi connectivity index (χ3n) is 4.66. The third-order valence-corrected chi connectivity index (χ3v) is 4.66. The molecule has 0 aliphatic carbocycles. The zero-order chi connectivity index (χ0) is 19.2. The van der Waals surface area contributed by atoms with Crippen molar-refractivity contribution in [2.75, 3.05) is 33.4 Å². The van der Waals surface area contributed by atoms with E-state index in [1.54, 1.807) is 13.3 Å². The molecule has 1 saturated heterocycles. The van der Waals surface area contributed by atoms with Gasteiger partial charge in [0.25, 0.3) is 0 Å². The van der Waals surface area contributed by atoms with E-state index >= 15 is 0 Å². The first-order chi connectivity index (χ1) is 12.3. The number of amides is 2. The topological polar surface area (TPSA) is 62.7 Å². The highest BCUT2D eigenvalue weighted by Gasteiger charge is 2.34. The highest BCUT2D eigenvalue weighted by molar-refractivity contribution is 5.84. The van der Waals surface area contributed by atoms with Gasteiger partial charge in [0.2, 0.25) is 11.8 Å². The van der Waals surface area contributed by atoms with Crippen molar-refractivity contribution in [3.63, 3.8) is 0 Å². The molecule has 2 rings (SSSR count). The van der Waals surface area contributed by atoms with Gasteiger partial charge in [0.1, 0.15) is 0 Å². The molecule has 1 aromatic heterocycles. The number of ether oxygens (including phenoxy) is 1. The number of hydrogen-bond donors (Lipinski definition) is 0. The largest absolute Gasteiger partial charge is 0.383 e. The van der Waals surface area contributed by atoms with Gasteiger partial charge in [-0.1, -0.05) is 26.8 Å². The van der Waals surface area contributed by atoms with E-state index in [9.17, 15) is 9.59 Å². The van der Waals surface area contributed by atoms with Gasteiger partial charge in [0.15, 0.2) is 0 Å². The fraction of sp³-hybridized carbons (Fsp3) is 0.650. The summed E-state index contributed by atoms with van der Waals surface area (Å²) < 4.78 is 5.17. The van der Waals surface area contributed by atoms with Gasteiger partial charge in [-0.15, -0.1) is 0 Å². The number of pyridine rings is 1. The molecule has 6 nitrogen and oxygen atoms in total. The molecule has 1 atom stereocenters. The van der Waals surface area contributed by atoms with Crippen LogP contribution in [0.5, 0.6) is 0 Å². The van der Waals surface area contributed by atoms with Gasteiger partial charge in [0, 0.05) is 38.4 Å². The zero-order valence-corrected chi connectivity index (χ0v) is 16.4. The molecule has 0 bridgehead atoms. The predicted octanol–water partition coefficient (Wildman–Crippen LogP) is 2.34. The van der Waals surface area contributed by atoms with Gasteiger partial charge in [-0.05, 0) is 25.0 Å². The minimum Gasteiger partial charge on any atom is -0.383 e. The number of aromatic nitrogens is 1.